The zero-order valence-corrected chi connectivity index (χ0v) is 20.1. The molecular formula is C25H48O4. The summed E-state index contributed by atoms with van der Waals surface area (Å²) in [5.41, 5.74) is 0. The van der Waals surface area contributed by atoms with Crippen molar-refractivity contribution in [3.63, 3.8) is 0 Å². The van der Waals surface area contributed by atoms with E-state index in [-0.39, 0.29) is 11.9 Å². The Morgan fingerprint density at radius 1 is 0.586 bits per heavy atom. The van der Waals surface area contributed by atoms with Crippen LogP contribution in [-0.4, -0.2) is 25.2 Å². The fourth-order valence-corrected chi connectivity index (χ4v) is 3.34. The molecule has 4 nitrogen and oxygen atoms in total. The summed E-state index contributed by atoms with van der Waals surface area (Å²) >= 11 is 0. The fraction of sp³-hybridized carbons (Fsp3) is 0.920. The molecule has 172 valence electrons. The van der Waals surface area contributed by atoms with Crippen LogP contribution < -0.4 is 0 Å². The number of ether oxygens (including phenoxy) is 2. The number of rotatable bonds is 18. The maximum Gasteiger partial charge on any atom is 0.305 e. The molecule has 0 bridgehead atoms. The minimum atomic E-state index is -0.0495. The molecule has 0 radical (unpaired) electrons. The summed E-state index contributed by atoms with van der Waals surface area (Å²) in [5.74, 6) is 1.94. The van der Waals surface area contributed by atoms with Crippen molar-refractivity contribution in [3.8, 4) is 0 Å². The fourth-order valence-electron chi connectivity index (χ4n) is 3.34. The summed E-state index contributed by atoms with van der Waals surface area (Å²) in [6.07, 6.45) is 11.5. The summed E-state index contributed by atoms with van der Waals surface area (Å²) in [4.78, 5) is 23.4. The zero-order valence-electron chi connectivity index (χ0n) is 20.1. The third kappa shape index (κ3) is 18.7. The lowest BCUT2D eigenvalue weighted by atomic mass is 9.86. The van der Waals surface area contributed by atoms with Crippen LogP contribution in [-0.2, 0) is 19.1 Å². The standard InChI is InChI=1S/C25H48O4/c1-20(2)18-28-24(26)15-13-11-9-7-8-10-12-14-23(22(5)6)16-17-25(27)29-19-21(3)4/h20-23H,7-19H2,1-6H3. The second-order valence-corrected chi connectivity index (χ2v) is 9.71. The van der Waals surface area contributed by atoms with E-state index >= 15 is 0 Å². The molecule has 0 N–H and O–H groups in total. The van der Waals surface area contributed by atoms with Crippen molar-refractivity contribution in [3.05, 3.63) is 0 Å². The average molecular weight is 413 g/mol. The molecule has 0 aromatic rings. The second kappa shape index (κ2) is 17.8. The van der Waals surface area contributed by atoms with Crippen LogP contribution in [0.1, 0.15) is 112 Å². The Kier molecular flexibility index (Phi) is 17.1. The predicted octanol–water partition coefficient (Wildman–Crippen LogP) is 6.95. The van der Waals surface area contributed by atoms with Gasteiger partial charge in [-0.05, 0) is 36.5 Å². The number of carbonyl (C=O) groups excluding carboxylic acids is 2. The van der Waals surface area contributed by atoms with Crippen LogP contribution in [0.3, 0.4) is 0 Å². The highest BCUT2D eigenvalue weighted by atomic mass is 16.5. The predicted molar refractivity (Wildman–Crippen MR) is 121 cm³/mol. The van der Waals surface area contributed by atoms with E-state index in [1.165, 1.54) is 38.5 Å². The third-order valence-electron chi connectivity index (χ3n) is 5.27. The van der Waals surface area contributed by atoms with Gasteiger partial charge in [-0.25, -0.2) is 0 Å². The third-order valence-corrected chi connectivity index (χ3v) is 5.27. The number of carbonyl (C=O) groups is 2. The Balaban J connectivity index is 3.67. The maximum atomic E-state index is 11.8. The summed E-state index contributed by atoms with van der Waals surface area (Å²) in [6.45, 7) is 13.8. The van der Waals surface area contributed by atoms with Crippen molar-refractivity contribution >= 4 is 11.9 Å². The van der Waals surface area contributed by atoms with Crippen LogP contribution in [0, 0.1) is 23.7 Å². The Morgan fingerprint density at radius 2 is 1.03 bits per heavy atom. The molecule has 0 fully saturated rings. The molecule has 1 atom stereocenters. The number of hydrogen-bond donors (Lipinski definition) is 0. The molecule has 0 aromatic heterocycles. The molecule has 1 unspecified atom stereocenters. The lowest BCUT2D eigenvalue weighted by molar-refractivity contribution is -0.145. The molecule has 0 saturated carbocycles. The van der Waals surface area contributed by atoms with Crippen LogP contribution in [0.25, 0.3) is 0 Å². The molecule has 0 heterocycles. The molecule has 0 amide bonds. The minimum absolute atomic E-state index is 0.0440. The van der Waals surface area contributed by atoms with Gasteiger partial charge in [-0.3, -0.25) is 9.59 Å². The first kappa shape index (κ1) is 27.9. The van der Waals surface area contributed by atoms with Gasteiger partial charge in [-0.15, -0.1) is 0 Å². The van der Waals surface area contributed by atoms with Crippen LogP contribution >= 0.6 is 0 Å². The normalized spacial score (nSPS) is 12.6. The maximum absolute atomic E-state index is 11.8. The van der Waals surface area contributed by atoms with Crippen LogP contribution in [0.2, 0.25) is 0 Å². The number of hydrogen-bond acceptors (Lipinski definition) is 4. The molecule has 0 aliphatic heterocycles. The van der Waals surface area contributed by atoms with Gasteiger partial charge in [0.05, 0.1) is 13.2 Å². The minimum Gasteiger partial charge on any atom is -0.465 e. The van der Waals surface area contributed by atoms with Gasteiger partial charge < -0.3 is 9.47 Å². The Bertz CT molecular complexity index is 415. The van der Waals surface area contributed by atoms with Gasteiger partial charge in [-0.1, -0.05) is 86.5 Å². The van der Waals surface area contributed by atoms with E-state index in [9.17, 15) is 9.59 Å². The second-order valence-electron chi connectivity index (χ2n) is 9.71. The van der Waals surface area contributed by atoms with E-state index in [1.807, 2.05) is 0 Å². The lowest BCUT2D eigenvalue weighted by Gasteiger charge is -2.20. The van der Waals surface area contributed by atoms with Crippen molar-refractivity contribution < 1.29 is 19.1 Å². The van der Waals surface area contributed by atoms with E-state index in [0.29, 0.717) is 49.7 Å². The van der Waals surface area contributed by atoms with Gasteiger partial charge in [0.25, 0.3) is 0 Å². The molecule has 4 heteroatoms. The Labute approximate surface area is 180 Å². The molecular weight excluding hydrogens is 364 g/mol. The molecule has 0 aromatic carbocycles. The van der Waals surface area contributed by atoms with E-state index < -0.39 is 0 Å². The molecule has 0 rings (SSSR count). The first-order valence-electron chi connectivity index (χ1n) is 12.0. The van der Waals surface area contributed by atoms with Gasteiger partial charge in [0, 0.05) is 12.8 Å². The van der Waals surface area contributed by atoms with Gasteiger partial charge >= 0.3 is 11.9 Å². The molecule has 0 saturated heterocycles. The molecule has 0 aliphatic rings. The number of esters is 2. The summed E-state index contributed by atoms with van der Waals surface area (Å²) in [7, 11) is 0. The largest absolute Gasteiger partial charge is 0.465 e. The highest BCUT2D eigenvalue weighted by molar-refractivity contribution is 5.69. The van der Waals surface area contributed by atoms with Crippen LogP contribution in [0.4, 0.5) is 0 Å². The molecule has 0 spiro atoms. The van der Waals surface area contributed by atoms with Gasteiger partial charge in [0.2, 0.25) is 0 Å². The van der Waals surface area contributed by atoms with Gasteiger partial charge in [0.1, 0.15) is 0 Å². The first-order chi connectivity index (χ1) is 13.7. The van der Waals surface area contributed by atoms with E-state index in [2.05, 4.69) is 41.5 Å². The highest BCUT2D eigenvalue weighted by Crippen LogP contribution is 2.24. The lowest BCUT2D eigenvalue weighted by Crippen LogP contribution is -2.14. The van der Waals surface area contributed by atoms with Crippen LogP contribution in [0.5, 0.6) is 0 Å². The summed E-state index contributed by atoms with van der Waals surface area (Å²) in [5, 5.41) is 0. The van der Waals surface area contributed by atoms with Crippen molar-refractivity contribution in [2.24, 2.45) is 23.7 Å². The quantitative estimate of drug-likeness (QED) is 0.180. The van der Waals surface area contributed by atoms with Crippen molar-refractivity contribution in [2.75, 3.05) is 13.2 Å². The summed E-state index contributed by atoms with van der Waals surface area (Å²) in [6, 6.07) is 0. The Morgan fingerprint density at radius 3 is 1.52 bits per heavy atom. The highest BCUT2D eigenvalue weighted by Gasteiger charge is 2.15. The van der Waals surface area contributed by atoms with E-state index in [4.69, 9.17) is 9.47 Å². The average Bonchev–Trinajstić information content (AvgIpc) is 2.65. The van der Waals surface area contributed by atoms with Crippen molar-refractivity contribution in [1.82, 2.24) is 0 Å². The number of unbranched alkanes of at least 4 members (excludes halogenated alkanes) is 6. The van der Waals surface area contributed by atoms with Crippen molar-refractivity contribution in [1.29, 1.82) is 0 Å². The topological polar surface area (TPSA) is 52.6 Å². The van der Waals surface area contributed by atoms with Gasteiger partial charge in [-0.2, -0.15) is 0 Å². The monoisotopic (exact) mass is 412 g/mol. The zero-order chi connectivity index (χ0) is 22.1. The van der Waals surface area contributed by atoms with Gasteiger partial charge in [0.15, 0.2) is 0 Å². The van der Waals surface area contributed by atoms with Crippen molar-refractivity contribution in [2.45, 2.75) is 112 Å². The smallest absolute Gasteiger partial charge is 0.305 e. The molecule has 29 heavy (non-hydrogen) atoms. The van der Waals surface area contributed by atoms with E-state index in [0.717, 1.165) is 19.3 Å². The van der Waals surface area contributed by atoms with E-state index in [1.54, 1.807) is 0 Å². The molecule has 0 aliphatic carbocycles. The summed E-state index contributed by atoms with van der Waals surface area (Å²) < 4.78 is 10.5. The first-order valence-corrected chi connectivity index (χ1v) is 12.0. The Hall–Kier alpha value is -1.06. The van der Waals surface area contributed by atoms with Crippen LogP contribution in [0.15, 0.2) is 0 Å². The SMILES string of the molecule is CC(C)COC(=O)CCCCCCCCCC(CCC(=O)OCC(C)C)C(C)C.